The molecule has 2 aromatic rings. The third-order valence-corrected chi connectivity index (χ3v) is 3.42. The normalized spacial score (nSPS) is 10.3. The lowest BCUT2D eigenvalue weighted by atomic mass is 10.2. The van der Waals surface area contributed by atoms with E-state index in [4.69, 9.17) is 0 Å². The molecule has 18 heavy (non-hydrogen) atoms. The molecule has 1 aromatic heterocycles. The van der Waals surface area contributed by atoms with Crippen molar-refractivity contribution in [2.24, 2.45) is 0 Å². The second kappa shape index (κ2) is 5.14. The van der Waals surface area contributed by atoms with Crippen LogP contribution in [0.4, 0.5) is 11.4 Å². The van der Waals surface area contributed by atoms with E-state index in [0.717, 1.165) is 10.7 Å². The third-order valence-electron chi connectivity index (χ3n) is 2.51. The van der Waals surface area contributed by atoms with Crippen molar-refractivity contribution in [3.8, 4) is 0 Å². The molecular formula is C12H13N3O2S. The Labute approximate surface area is 109 Å². The number of nitro groups is 1. The lowest BCUT2D eigenvalue weighted by Gasteiger charge is -2.05. The fourth-order valence-corrected chi connectivity index (χ4v) is 2.36. The van der Waals surface area contributed by atoms with Gasteiger partial charge in [0.15, 0.2) is 0 Å². The van der Waals surface area contributed by atoms with E-state index in [9.17, 15) is 10.1 Å². The van der Waals surface area contributed by atoms with Gasteiger partial charge >= 0.3 is 0 Å². The van der Waals surface area contributed by atoms with Gasteiger partial charge in [0.25, 0.3) is 5.69 Å². The number of nitrogens with one attached hydrogen (secondary N) is 1. The molecule has 1 heterocycles. The second-order valence-electron chi connectivity index (χ2n) is 3.98. The van der Waals surface area contributed by atoms with Crippen molar-refractivity contribution in [2.45, 2.75) is 20.4 Å². The van der Waals surface area contributed by atoms with Crippen molar-refractivity contribution in [3.63, 3.8) is 0 Å². The average molecular weight is 263 g/mol. The van der Waals surface area contributed by atoms with Gasteiger partial charge in [-0.2, -0.15) is 0 Å². The van der Waals surface area contributed by atoms with E-state index in [0.29, 0.717) is 12.1 Å². The highest BCUT2D eigenvalue weighted by molar-refractivity contribution is 7.11. The molecule has 0 saturated heterocycles. The molecule has 5 nitrogen and oxygen atoms in total. The first-order valence-corrected chi connectivity index (χ1v) is 6.28. The molecule has 0 unspecified atom stereocenters. The summed E-state index contributed by atoms with van der Waals surface area (Å²) in [5, 5.41) is 14.9. The van der Waals surface area contributed by atoms with Gasteiger partial charge < -0.3 is 5.32 Å². The third kappa shape index (κ3) is 2.84. The van der Waals surface area contributed by atoms with Crippen molar-refractivity contribution >= 4 is 22.7 Å². The number of hydrogen-bond acceptors (Lipinski definition) is 5. The molecule has 0 spiro atoms. The smallest absolute Gasteiger partial charge is 0.272 e. The fraction of sp³-hybridized carbons (Fsp3) is 0.250. The summed E-state index contributed by atoms with van der Waals surface area (Å²) >= 11 is 1.64. The van der Waals surface area contributed by atoms with Crippen molar-refractivity contribution in [3.05, 3.63) is 50.0 Å². The summed E-state index contributed by atoms with van der Waals surface area (Å²) in [6.07, 6.45) is 1.84. The summed E-state index contributed by atoms with van der Waals surface area (Å²) in [6, 6.07) is 5.01. The number of aromatic nitrogens is 1. The highest BCUT2D eigenvalue weighted by atomic mass is 32.1. The van der Waals surface area contributed by atoms with Gasteiger partial charge in [-0.05, 0) is 26.0 Å². The molecule has 0 atom stereocenters. The number of rotatable bonds is 4. The van der Waals surface area contributed by atoms with Crippen LogP contribution in [0.2, 0.25) is 0 Å². The van der Waals surface area contributed by atoms with Crippen molar-refractivity contribution in [1.82, 2.24) is 4.98 Å². The van der Waals surface area contributed by atoms with Gasteiger partial charge in [0.2, 0.25) is 0 Å². The minimum atomic E-state index is -0.372. The Morgan fingerprint density at radius 3 is 2.78 bits per heavy atom. The Morgan fingerprint density at radius 1 is 1.44 bits per heavy atom. The molecule has 2 rings (SSSR count). The van der Waals surface area contributed by atoms with Crippen LogP contribution in [0.25, 0.3) is 0 Å². The summed E-state index contributed by atoms with van der Waals surface area (Å²) in [6.45, 7) is 4.38. The average Bonchev–Trinajstić information content (AvgIpc) is 2.72. The molecule has 0 aliphatic rings. The Bertz CT molecular complexity index is 580. The molecule has 0 saturated carbocycles. The van der Waals surface area contributed by atoms with E-state index in [1.165, 1.54) is 10.9 Å². The van der Waals surface area contributed by atoms with Crippen molar-refractivity contribution in [2.75, 3.05) is 5.32 Å². The molecule has 0 aliphatic carbocycles. The number of benzene rings is 1. The van der Waals surface area contributed by atoms with E-state index < -0.39 is 0 Å². The quantitative estimate of drug-likeness (QED) is 0.679. The minimum absolute atomic E-state index is 0.144. The summed E-state index contributed by atoms with van der Waals surface area (Å²) in [4.78, 5) is 15.7. The number of thiazole rings is 1. The first-order valence-electron chi connectivity index (χ1n) is 5.46. The van der Waals surface area contributed by atoms with Crippen molar-refractivity contribution < 1.29 is 4.92 Å². The lowest BCUT2D eigenvalue weighted by Crippen LogP contribution is -2.00. The summed E-state index contributed by atoms with van der Waals surface area (Å²) < 4.78 is 0. The van der Waals surface area contributed by atoms with E-state index in [1.54, 1.807) is 30.4 Å². The number of nitro benzene ring substituents is 1. The van der Waals surface area contributed by atoms with Crippen LogP contribution >= 0.6 is 11.3 Å². The molecule has 1 aromatic carbocycles. The van der Waals surface area contributed by atoms with Gasteiger partial charge in [0, 0.05) is 28.4 Å². The van der Waals surface area contributed by atoms with Crippen LogP contribution in [0.1, 0.15) is 15.4 Å². The SMILES string of the molecule is Cc1cnc(CNc2ccc([N+](=O)[O-])c(C)c2)s1. The summed E-state index contributed by atoms with van der Waals surface area (Å²) in [5.74, 6) is 0. The zero-order chi connectivity index (χ0) is 13.1. The van der Waals surface area contributed by atoms with Gasteiger partial charge in [-0.15, -0.1) is 11.3 Å². The van der Waals surface area contributed by atoms with E-state index in [-0.39, 0.29) is 10.6 Å². The van der Waals surface area contributed by atoms with Gasteiger partial charge in [-0.1, -0.05) is 0 Å². The maximum Gasteiger partial charge on any atom is 0.272 e. The van der Waals surface area contributed by atoms with Crippen LogP contribution in [0.15, 0.2) is 24.4 Å². The Hall–Kier alpha value is -1.95. The zero-order valence-corrected chi connectivity index (χ0v) is 11.0. The summed E-state index contributed by atoms with van der Waals surface area (Å²) in [5.41, 5.74) is 1.66. The minimum Gasteiger partial charge on any atom is -0.379 e. The highest BCUT2D eigenvalue weighted by Gasteiger charge is 2.10. The Morgan fingerprint density at radius 2 is 2.22 bits per heavy atom. The van der Waals surface area contributed by atoms with Crippen LogP contribution in [0.3, 0.4) is 0 Å². The van der Waals surface area contributed by atoms with E-state index in [2.05, 4.69) is 10.3 Å². The number of anilines is 1. The lowest BCUT2D eigenvalue weighted by molar-refractivity contribution is -0.385. The fourth-order valence-electron chi connectivity index (χ4n) is 1.63. The molecule has 0 fully saturated rings. The number of aryl methyl sites for hydroxylation is 2. The van der Waals surface area contributed by atoms with Gasteiger partial charge in [-0.25, -0.2) is 4.98 Å². The largest absolute Gasteiger partial charge is 0.379 e. The molecular weight excluding hydrogens is 250 g/mol. The zero-order valence-electron chi connectivity index (χ0n) is 10.1. The summed E-state index contributed by atoms with van der Waals surface area (Å²) in [7, 11) is 0. The maximum atomic E-state index is 10.7. The van der Waals surface area contributed by atoms with E-state index in [1.807, 2.05) is 13.1 Å². The first-order chi connectivity index (χ1) is 8.56. The van der Waals surface area contributed by atoms with Crippen LogP contribution in [0, 0.1) is 24.0 Å². The molecule has 0 amide bonds. The predicted molar refractivity (Wildman–Crippen MR) is 72.0 cm³/mol. The Balaban J connectivity index is 2.06. The maximum absolute atomic E-state index is 10.7. The Kier molecular flexibility index (Phi) is 3.57. The highest BCUT2D eigenvalue weighted by Crippen LogP contribution is 2.22. The first kappa shape index (κ1) is 12.5. The van der Waals surface area contributed by atoms with Crippen LogP contribution in [-0.2, 0) is 6.54 Å². The predicted octanol–water partition coefficient (Wildman–Crippen LogP) is 3.28. The van der Waals surface area contributed by atoms with Crippen molar-refractivity contribution in [1.29, 1.82) is 0 Å². The standard InChI is InChI=1S/C12H13N3O2S/c1-8-5-10(3-4-11(8)15(16)17)13-7-12-14-6-9(2)18-12/h3-6,13H,7H2,1-2H3. The monoisotopic (exact) mass is 263 g/mol. The topological polar surface area (TPSA) is 68.1 Å². The van der Waals surface area contributed by atoms with Crippen LogP contribution < -0.4 is 5.32 Å². The number of hydrogen-bond donors (Lipinski definition) is 1. The molecule has 1 N–H and O–H groups in total. The molecule has 0 bridgehead atoms. The molecule has 0 radical (unpaired) electrons. The number of nitrogens with zero attached hydrogens (tertiary/aromatic N) is 2. The van der Waals surface area contributed by atoms with Gasteiger partial charge in [-0.3, -0.25) is 10.1 Å². The van der Waals surface area contributed by atoms with Crippen LogP contribution in [-0.4, -0.2) is 9.91 Å². The second-order valence-corrected chi connectivity index (χ2v) is 5.30. The van der Waals surface area contributed by atoms with Gasteiger partial charge in [0.05, 0.1) is 11.5 Å². The van der Waals surface area contributed by atoms with Crippen LogP contribution in [0.5, 0.6) is 0 Å². The van der Waals surface area contributed by atoms with Gasteiger partial charge in [0.1, 0.15) is 5.01 Å². The molecule has 94 valence electrons. The van der Waals surface area contributed by atoms with E-state index >= 15 is 0 Å². The molecule has 6 heteroatoms. The molecule has 0 aliphatic heterocycles.